The van der Waals surface area contributed by atoms with E-state index in [0.717, 1.165) is 11.0 Å². The maximum Gasteiger partial charge on any atom is 0.230 e. The van der Waals surface area contributed by atoms with Crippen LogP contribution in [-0.4, -0.2) is 32.2 Å². The van der Waals surface area contributed by atoms with Crippen LogP contribution in [0.4, 0.5) is 0 Å². The zero-order chi connectivity index (χ0) is 15.7. The van der Waals surface area contributed by atoms with Crippen LogP contribution in [0.1, 0.15) is 28.0 Å². The average Bonchev–Trinajstić information content (AvgIpc) is 3.07. The van der Waals surface area contributed by atoms with Gasteiger partial charge in [0.25, 0.3) is 0 Å². The highest BCUT2D eigenvalue weighted by atomic mass is 32.2. The van der Waals surface area contributed by atoms with Crippen LogP contribution in [0.2, 0.25) is 0 Å². The number of hydrogen-bond acceptors (Lipinski definition) is 6. The second-order valence-electron chi connectivity index (χ2n) is 4.77. The maximum absolute atomic E-state index is 12.1. The quantitative estimate of drug-likeness (QED) is 0.544. The third-order valence-corrected chi connectivity index (χ3v) is 4.03. The predicted octanol–water partition coefficient (Wildman–Crippen LogP) is 2.97. The molecule has 2 aromatic heterocycles. The van der Waals surface area contributed by atoms with Crippen LogP contribution in [0.25, 0.3) is 11.0 Å². The monoisotopic (exact) mass is 315 g/mol. The van der Waals surface area contributed by atoms with Gasteiger partial charge in [-0.25, -0.2) is 4.98 Å². The van der Waals surface area contributed by atoms with Crippen LogP contribution in [0.15, 0.2) is 40.0 Å². The lowest BCUT2D eigenvalue weighted by atomic mass is 10.3. The van der Waals surface area contributed by atoms with Crippen LogP contribution in [0.5, 0.6) is 0 Å². The smallest absolute Gasteiger partial charge is 0.230 e. The third-order valence-electron chi connectivity index (χ3n) is 3.09. The van der Waals surface area contributed by atoms with Gasteiger partial charge in [-0.2, -0.15) is 0 Å². The van der Waals surface area contributed by atoms with Crippen molar-refractivity contribution < 1.29 is 14.1 Å². The van der Waals surface area contributed by atoms with E-state index in [0.29, 0.717) is 10.9 Å². The van der Waals surface area contributed by atoms with Gasteiger partial charge < -0.3 is 4.52 Å². The number of imidazole rings is 1. The lowest BCUT2D eigenvalue weighted by molar-refractivity contribution is 0.0929. The van der Waals surface area contributed by atoms with E-state index in [-0.39, 0.29) is 23.1 Å². The SMILES string of the molecule is CC(=O)n1c(SCC(=O)c2cc(C)on2)nc2ccccc21. The number of benzene rings is 1. The van der Waals surface area contributed by atoms with Crippen LogP contribution in [-0.2, 0) is 0 Å². The van der Waals surface area contributed by atoms with Crippen molar-refractivity contribution in [3.63, 3.8) is 0 Å². The van der Waals surface area contributed by atoms with E-state index < -0.39 is 0 Å². The normalized spacial score (nSPS) is 11.0. The molecule has 0 aliphatic carbocycles. The first-order valence-corrected chi connectivity index (χ1v) is 7.62. The highest BCUT2D eigenvalue weighted by molar-refractivity contribution is 7.99. The minimum atomic E-state index is -0.163. The van der Waals surface area contributed by atoms with Gasteiger partial charge in [0.2, 0.25) is 5.91 Å². The molecule has 112 valence electrons. The van der Waals surface area contributed by atoms with Gasteiger partial charge in [-0.05, 0) is 19.1 Å². The fourth-order valence-corrected chi connectivity index (χ4v) is 3.03. The van der Waals surface area contributed by atoms with Crippen LogP contribution < -0.4 is 0 Å². The predicted molar refractivity (Wildman–Crippen MR) is 82.3 cm³/mol. The molecule has 3 aromatic rings. The molecule has 0 saturated heterocycles. The lowest BCUT2D eigenvalue weighted by Gasteiger charge is -2.03. The van der Waals surface area contributed by atoms with E-state index in [2.05, 4.69) is 10.1 Å². The standard InChI is InChI=1S/C15H13N3O3S/c1-9-7-12(17-21-9)14(20)8-22-15-16-11-5-3-4-6-13(11)18(15)10(2)19/h3-7H,8H2,1-2H3. The first kappa shape index (κ1) is 14.5. The Bertz CT molecular complexity index is 866. The zero-order valence-electron chi connectivity index (χ0n) is 12.1. The van der Waals surface area contributed by atoms with Crippen molar-refractivity contribution in [2.75, 3.05) is 5.75 Å². The number of carbonyl (C=O) groups excluding carboxylic acids is 2. The number of aromatic nitrogens is 3. The summed E-state index contributed by atoms with van der Waals surface area (Å²) in [4.78, 5) is 28.3. The number of nitrogens with zero attached hydrogens (tertiary/aromatic N) is 3. The van der Waals surface area contributed by atoms with Crippen molar-refractivity contribution >= 4 is 34.5 Å². The molecule has 0 fully saturated rings. The molecule has 0 aliphatic rings. The Balaban J connectivity index is 1.86. The van der Waals surface area contributed by atoms with Gasteiger partial charge in [-0.3, -0.25) is 14.2 Å². The summed E-state index contributed by atoms with van der Waals surface area (Å²) in [6.45, 7) is 3.20. The largest absolute Gasteiger partial charge is 0.361 e. The van der Waals surface area contributed by atoms with Crippen molar-refractivity contribution in [2.45, 2.75) is 19.0 Å². The summed E-state index contributed by atoms with van der Waals surface area (Å²) >= 11 is 1.21. The second kappa shape index (κ2) is 5.76. The van der Waals surface area contributed by atoms with Crippen LogP contribution in [0.3, 0.4) is 0 Å². The van der Waals surface area contributed by atoms with E-state index >= 15 is 0 Å². The van der Waals surface area contributed by atoms with Crippen LogP contribution in [0, 0.1) is 6.92 Å². The molecule has 0 spiro atoms. The highest BCUT2D eigenvalue weighted by Crippen LogP contribution is 2.24. The van der Waals surface area contributed by atoms with Crippen molar-refractivity contribution in [2.24, 2.45) is 0 Å². The van der Waals surface area contributed by atoms with Gasteiger partial charge in [0.05, 0.1) is 16.8 Å². The molecule has 2 heterocycles. The summed E-state index contributed by atoms with van der Waals surface area (Å²) in [5.74, 6) is 0.428. The van der Waals surface area contributed by atoms with Gasteiger partial charge in [0.1, 0.15) is 5.76 Å². The van der Waals surface area contributed by atoms with Gasteiger partial charge in [0.15, 0.2) is 16.6 Å². The number of carbonyl (C=O) groups is 2. The van der Waals surface area contributed by atoms with Gasteiger partial charge in [-0.15, -0.1) is 0 Å². The lowest BCUT2D eigenvalue weighted by Crippen LogP contribution is -2.09. The molecular formula is C15H13N3O3S. The minimum Gasteiger partial charge on any atom is -0.361 e. The summed E-state index contributed by atoms with van der Waals surface area (Å²) in [6, 6.07) is 8.97. The molecule has 0 bridgehead atoms. The Kier molecular flexibility index (Phi) is 3.81. The van der Waals surface area contributed by atoms with Gasteiger partial charge in [0, 0.05) is 13.0 Å². The topological polar surface area (TPSA) is 78.0 Å². The number of fused-ring (bicyclic) bond motifs is 1. The van der Waals surface area contributed by atoms with E-state index in [1.165, 1.54) is 23.3 Å². The Morgan fingerprint density at radius 3 is 2.77 bits per heavy atom. The number of Topliss-reactive ketones (excluding diaryl/α,β-unsaturated/α-hetero) is 1. The number of rotatable bonds is 4. The fourth-order valence-electron chi connectivity index (χ4n) is 2.11. The molecule has 0 radical (unpaired) electrons. The number of aryl methyl sites for hydroxylation is 1. The number of hydrogen-bond donors (Lipinski definition) is 0. The summed E-state index contributed by atoms with van der Waals surface area (Å²) in [5.41, 5.74) is 1.75. The van der Waals surface area contributed by atoms with Crippen LogP contribution >= 0.6 is 11.8 Å². The Hall–Kier alpha value is -2.41. The van der Waals surface area contributed by atoms with Crippen molar-refractivity contribution in [1.29, 1.82) is 0 Å². The molecule has 6 nitrogen and oxygen atoms in total. The van der Waals surface area contributed by atoms with E-state index in [1.54, 1.807) is 13.0 Å². The number of para-hydroxylation sites is 2. The van der Waals surface area contributed by atoms with Gasteiger partial charge >= 0.3 is 0 Å². The minimum absolute atomic E-state index is 0.138. The molecule has 0 atom stereocenters. The zero-order valence-corrected chi connectivity index (χ0v) is 12.9. The Morgan fingerprint density at radius 1 is 1.32 bits per heavy atom. The summed E-state index contributed by atoms with van der Waals surface area (Å²) in [6.07, 6.45) is 0. The van der Waals surface area contributed by atoms with E-state index in [4.69, 9.17) is 4.52 Å². The highest BCUT2D eigenvalue weighted by Gasteiger charge is 2.17. The molecule has 0 amide bonds. The summed E-state index contributed by atoms with van der Waals surface area (Å²) in [7, 11) is 0. The fraction of sp³-hybridized carbons (Fsp3) is 0.200. The first-order valence-electron chi connectivity index (χ1n) is 6.64. The Morgan fingerprint density at radius 2 is 2.09 bits per heavy atom. The van der Waals surface area contributed by atoms with Crippen molar-refractivity contribution in [1.82, 2.24) is 14.7 Å². The van der Waals surface area contributed by atoms with Crippen molar-refractivity contribution in [3.8, 4) is 0 Å². The number of ketones is 1. The first-order chi connectivity index (χ1) is 10.6. The van der Waals surface area contributed by atoms with E-state index in [1.807, 2.05) is 24.3 Å². The molecule has 1 aromatic carbocycles. The average molecular weight is 315 g/mol. The molecule has 0 aliphatic heterocycles. The second-order valence-corrected chi connectivity index (χ2v) is 5.71. The van der Waals surface area contributed by atoms with Crippen molar-refractivity contribution in [3.05, 3.63) is 41.8 Å². The Labute approximate surface area is 130 Å². The molecule has 3 rings (SSSR count). The molecular weight excluding hydrogens is 302 g/mol. The maximum atomic E-state index is 12.1. The molecule has 0 saturated carbocycles. The molecule has 7 heteroatoms. The molecule has 0 N–H and O–H groups in total. The number of thioether (sulfide) groups is 1. The van der Waals surface area contributed by atoms with E-state index in [9.17, 15) is 9.59 Å². The summed E-state index contributed by atoms with van der Waals surface area (Å²) in [5, 5.41) is 4.20. The molecule has 22 heavy (non-hydrogen) atoms. The van der Waals surface area contributed by atoms with Gasteiger partial charge in [-0.1, -0.05) is 29.1 Å². The third kappa shape index (κ3) is 2.67. The molecule has 0 unspecified atom stereocenters. The summed E-state index contributed by atoms with van der Waals surface area (Å²) < 4.78 is 6.41.